The lowest BCUT2D eigenvalue weighted by Crippen LogP contribution is -2.23. The molecule has 2 rings (SSSR count). The van der Waals surface area contributed by atoms with E-state index in [1.54, 1.807) is 0 Å². The largest absolute Gasteiger partial charge is 0.468 e. The lowest BCUT2D eigenvalue weighted by Gasteiger charge is -2.11. The topological polar surface area (TPSA) is 42.1 Å². The molecule has 0 aromatic carbocycles. The molecule has 13 heavy (non-hydrogen) atoms. The van der Waals surface area contributed by atoms with Gasteiger partial charge in [0.15, 0.2) is 0 Å². The SMILES string of the molecule is COC(=O)C1(c2cc[nH]c2)CC1C. The van der Waals surface area contributed by atoms with Gasteiger partial charge in [0.25, 0.3) is 0 Å². The van der Waals surface area contributed by atoms with Gasteiger partial charge in [-0.05, 0) is 24.0 Å². The number of nitrogens with one attached hydrogen (secondary N) is 1. The quantitative estimate of drug-likeness (QED) is 0.698. The van der Waals surface area contributed by atoms with E-state index < -0.39 is 0 Å². The fourth-order valence-electron chi connectivity index (χ4n) is 2.01. The number of carbonyl (C=O) groups excluding carboxylic acids is 1. The minimum Gasteiger partial charge on any atom is -0.468 e. The van der Waals surface area contributed by atoms with Gasteiger partial charge in [-0.2, -0.15) is 0 Å². The lowest BCUT2D eigenvalue weighted by atomic mass is 9.96. The Kier molecular flexibility index (Phi) is 1.68. The molecule has 0 bridgehead atoms. The zero-order valence-corrected chi connectivity index (χ0v) is 7.83. The van der Waals surface area contributed by atoms with Gasteiger partial charge in [-0.3, -0.25) is 4.79 Å². The highest BCUT2D eigenvalue weighted by molar-refractivity contribution is 5.87. The molecule has 1 aromatic heterocycles. The van der Waals surface area contributed by atoms with Crippen molar-refractivity contribution in [1.29, 1.82) is 0 Å². The summed E-state index contributed by atoms with van der Waals surface area (Å²) in [7, 11) is 1.45. The Balaban J connectivity index is 2.33. The van der Waals surface area contributed by atoms with E-state index in [9.17, 15) is 4.79 Å². The molecule has 1 N–H and O–H groups in total. The Morgan fingerprint density at radius 3 is 2.85 bits per heavy atom. The third kappa shape index (κ3) is 0.996. The number of aromatic nitrogens is 1. The van der Waals surface area contributed by atoms with E-state index in [1.807, 2.05) is 18.5 Å². The summed E-state index contributed by atoms with van der Waals surface area (Å²) >= 11 is 0. The molecule has 1 saturated carbocycles. The van der Waals surface area contributed by atoms with Crippen molar-refractivity contribution in [3.05, 3.63) is 24.0 Å². The summed E-state index contributed by atoms with van der Waals surface area (Å²) in [6.45, 7) is 2.07. The highest BCUT2D eigenvalue weighted by atomic mass is 16.5. The summed E-state index contributed by atoms with van der Waals surface area (Å²) < 4.78 is 4.82. The molecule has 1 aromatic rings. The summed E-state index contributed by atoms with van der Waals surface area (Å²) in [4.78, 5) is 14.5. The summed E-state index contributed by atoms with van der Waals surface area (Å²) in [6.07, 6.45) is 4.61. The standard InChI is InChI=1S/C10H13NO2/c1-7-5-10(7,9(12)13-2)8-3-4-11-6-8/h3-4,6-7,11H,5H2,1-2H3. The van der Waals surface area contributed by atoms with E-state index in [1.165, 1.54) is 7.11 Å². The third-order valence-electron chi connectivity index (χ3n) is 2.97. The zero-order chi connectivity index (χ0) is 9.47. The van der Waals surface area contributed by atoms with Crippen LogP contribution < -0.4 is 0 Å². The summed E-state index contributed by atoms with van der Waals surface area (Å²) in [5.41, 5.74) is 0.696. The van der Waals surface area contributed by atoms with Crippen molar-refractivity contribution in [1.82, 2.24) is 4.98 Å². The molecule has 0 spiro atoms. The first kappa shape index (κ1) is 8.35. The van der Waals surface area contributed by atoms with Gasteiger partial charge in [0, 0.05) is 12.4 Å². The average Bonchev–Trinajstić information content (AvgIpc) is 2.63. The summed E-state index contributed by atoms with van der Waals surface area (Å²) in [5, 5.41) is 0. The van der Waals surface area contributed by atoms with Crippen LogP contribution in [0.15, 0.2) is 18.5 Å². The van der Waals surface area contributed by atoms with Gasteiger partial charge in [0.2, 0.25) is 0 Å². The maximum absolute atomic E-state index is 11.6. The molecule has 0 amide bonds. The smallest absolute Gasteiger partial charge is 0.316 e. The van der Waals surface area contributed by atoms with Gasteiger partial charge in [-0.25, -0.2) is 0 Å². The van der Waals surface area contributed by atoms with Crippen molar-refractivity contribution in [3.8, 4) is 0 Å². The molecule has 70 valence electrons. The van der Waals surface area contributed by atoms with E-state index in [4.69, 9.17) is 4.74 Å². The maximum atomic E-state index is 11.6. The van der Waals surface area contributed by atoms with Crippen LogP contribution in [0.5, 0.6) is 0 Å². The number of ether oxygens (including phenoxy) is 1. The van der Waals surface area contributed by atoms with Crippen LogP contribution >= 0.6 is 0 Å². The fraction of sp³-hybridized carbons (Fsp3) is 0.500. The van der Waals surface area contributed by atoms with Crippen LogP contribution in [0.25, 0.3) is 0 Å². The Bertz CT molecular complexity index is 318. The molecule has 3 nitrogen and oxygen atoms in total. The second-order valence-corrected chi connectivity index (χ2v) is 3.67. The highest BCUT2D eigenvalue weighted by Gasteiger charge is 2.59. The Morgan fingerprint density at radius 1 is 1.77 bits per heavy atom. The number of hydrogen-bond donors (Lipinski definition) is 1. The predicted molar refractivity (Wildman–Crippen MR) is 48.3 cm³/mol. The number of H-pyrrole nitrogens is 1. The van der Waals surface area contributed by atoms with Crippen molar-refractivity contribution in [2.24, 2.45) is 5.92 Å². The van der Waals surface area contributed by atoms with Gasteiger partial charge >= 0.3 is 5.97 Å². The number of hydrogen-bond acceptors (Lipinski definition) is 2. The second-order valence-electron chi connectivity index (χ2n) is 3.67. The van der Waals surface area contributed by atoms with E-state index in [0.717, 1.165) is 12.0 Å². The molecule has 0 saturated heterocycles. The van der Waals surface area contributed by atoms with Crippen molar-refractivity contribution in [3.63, 3.8) is 0 Å². The molecule has 1 aliphatic rings. The molecule has 2 atom stereocenters. The normalized spacial score (nSPS) is 31.4. The first-order valence-electron chi connectivity index (χ1n) is 4.43. The zero-order valence-electron chi connectivity index (χ0n) is 7.83. The van der Waals surface area contributed by atoms with E-state index >= 15 is 0 Å². The van der Waals surface area contributed by atoms with Crippen molar-refractivity contribution >= 4 is 5.97 Å². The molecular formula is C10H13NO2. The van der Waals surface area contributed by atoms with Crippen LogP contribution in [-0.4, -0.2) is 18.1 Å². The van der Waals surface area contributed by atoms with Crippen LogP contribution in [0, 0.1) is 5.92 Å². The molecule has 1 fully saturated rings. The molecule has 1 aliphatic carbocycles. The van der Waals surface area contributed by atoms with Gasteiger partial charge in [-0.15, -0.1) is 0 Å². The number of carbonyl (C=O) groups is 1. The summed E-state index contributed by atoms with van der Waals surface area (Å²) in [6, 6.07) is 1.94. The van der Waals surface area contributed by atoms with Crippen LogP contribution in [-0.2, 0) is 14.9 Å². The highest BCUT2D eigenvalue weighted by Crippen LogP contribution is 2.54. The molecule has 0 aliphatic heterocycles. The minimum atomic E-state index is -0.352. The number of esters is 1. The predicted octanol–water partition coefficient (Wildman–Crippen LogP) is 1.47. The van der Waals surface area contributed by atoms with Gasteiger partial charge in [0.05, 0.1) is 12.5 Å². The molecule has 1 heterocycles. The number of methoxy groups -OCH3 is 1. The minimum absolute atomic E-state index is 0.111. The Hall–Kier alpha value is -1.25. The van der Waals surface area contributed by atoms with E-state index in [2.05, 4.69) is 11.9 Å². The van der Waals surface area contributed by atoms with Crippen LogP contribution in [0.2, 0.25) is 0 Å². The second kappa shape index (κ2) is 2.62. The van der Waals surface area contributed by atoms with Crippen LogP contribution in [0.4, 0.5) is 0 Å². The maximum Gasteiger partial charge on any atom is 0.316 e. The Labute approximate surface area is 77.1 Å². The molecule has 0 radical (unpaired) electrons. The molecule has 2 unspecified atom stereocenters. The third-order valence-corrected chi connectivity index (χ3v) is 2.97. The summed E-state index contributed by atoms with van der Waals surface area (Å²) in [5.74, 6) is 0.287. The van der Waals surface area contributed by atoms with Crippen LogP contribution in [0.1, 0.15) is 18.9 Å². The van der Waals surface area contributed by atoms with E-state index in [-0.39, 0.29) is 11.4 Å². The van der Waals surface area contributed by atoms with Gasteiger partial charge < -0.3 is 9.72 Å². The van der Waals surface area contributed by atoms with Crippen molar-refractivity contribution in [2.45, 2.75) is 18.8 Å². The lowest BCUT2D eigenvalue weighted by molar-refractivity contribution is -0.144. The average molecular weight is 179 g/mol. The van der Waals surface area contributed by atoms with Gasteiger partial charge in [-0.1, -0.05) is 6.92 Å². The first-order chi connectivity index (χ1) is 6.21. The fourth-order valence-corrected chi connectivity index (χ4v) is 2.01. The molecule has 3 heteroatoms. The van der Waals surface area contributed by atoms with Crippen LogP contribution in [0.3, 0.4) is 0 Å². The molecular weight excluding hydrogens is 166 g/mol. The first-order valence-corrected chi connectivity index (χ1v) is 4.43. The van der Waals surface area contributed by atoms with Gasteiger partial charge in [0.1, 0.15) is 0 Å². The Morgan fingerprint density at radius 2 is 2.46 bits per heavy atom. The van der Waals surface area contributed by atoms with Crippen molar-refractivity contribution in [2.75, 3.05) is 7.11 Å². The van der Waals surface area contributed by atoms with Crippen molar-refractivity contribution < 1.29 is 9.53 Å². The number of rotatable bonds is 2. The van der Waals surface area contributed by atoms with E-state index in [0.29, 0.717) is 5.92 Å². The number of aromatic amines is 1. The monoisotopic (exact) mass is 179 g/mol.